The molecule has 0 aliphatic heterocycles. The maximum Gasteiger partial charge on any atom is 0.169 e. The first-order chi connectivity index (χ1) is 8.56. The summed E-state index contributed by atoms with van der Waals surface area (Å²) in [4.78, 5) is 0. The summed E-state index contributed by atoms with van der Waals surface area (Å²) in [6, 6.07) is 13.9. The van der Waals surface area contributed by atoms with E-state index in [2.05, 4.69) is 25.8 Å². The Morgan fingerprint density at radius 1 is 0.947 bits per heavy atom. The lowest BCUT2D eigenvalue weighted by Gasteiger charge is -2.08. The van der Waals surface area contributed by atoms with Gasteiger partial charge in [0.1, 0.15) is 11.5 Å². The van der Waals surface area contributed by atoms with Crippen molar-refractivity contribution in [1.29, 1.82) is 0 Å². The Balaban J connectivity index is 0.00000180. The van der Waals surface area contributed by atoms with Gasteiger partial charge in [-0.1, -0.05) is 56.3 Å². The Bertz CT molecular complexity index is 535. The van der Waals surface area contributed by atoms with Crippen LogP contribution in [0.1, 0.15) is 13.0 Å². The molecule has 0 aliphatic carbocycles. The third-order valence-electron chi connectivity index (χ3n) is 2.93. The van der Waals surface area contributed by atoms with Crippen LogP contribution in [0.15, 0.2) is 42.5 Å². The Hall–Kier alpha value is -1.41. The van der Waals surface area contributed by atoms with Gasteiger partial charge in [-0.05, 0) is 36.8 Å². The van der Waals surface area contributed by atoms with Crippen molar-refractivity contribution in [2.45, 2.75) is 28.0 Å². The molecule has 0 unspecified atom stereocenters. The van der Waals surface area contributed by atoms with E-state index in [-0.39, 0.29) is 7.43 Å². The summed E-state index contributed by atoms with van der Waals surface area (Å²) in [5, 5.41) is 0.728. The van der Waals surface area contributed by atoms with Crippen LogP contribution in [0.4, 0.5) is 0 Å². The predicted molar refractivity (Wildman–Crippen MR) is 86.6 cm³/mol. The predicted octanol–water partition coefficient (Wildman–Crippen LogP) is 5.04. The molecule has 0 saturated carbocycles. The van der Waals surface area contributed by atoms with Crippen LogP contribution in [-0.4, -0.2) is 6.71 Å². The molecule has 1 nitrogen and oxygen atoms in total. The van der Waals surface area contributed by atoms with Crippen LogP contribution in [0.2, 0.25) is 18.7 Å². The molecule has 0 atom stereocenters. The van der Waals surface area contributed by atoms with E-state index >= 15 is 0 Å². The van der Waals surface area contributed by atoms with Gasteiger partial charge in [-0.2, -0.15) is 0 Å². The van der Waals surface area contributed by atoms with Crippen LogP contribution < -0.4 is 10.2 Å². The van der Waals surface area contributed by atoms with Gasteiger partial charge in [-0.3, -0.25) is 0 Å². The van der Waals surface area contributed by atoms with Gasteiger partial charge < -0.3 is 4.74 Å². The van der Waals surface area contributed by atoms with Crippen LogP contribution in [0, 0.1) is 6.92 Å². The van der Waals surface area contributed by atoms with E-state index in [1.165, 1.54) is 5.46 Å². The number of rotatable bonds is 3. The maximum atomic E-state index is 6.07. The molecule has 100 valence electrons. The van der Waals surface area contributed by atoms with E-state index in [9.17, 15) is 0 Å². The van der Waals surface area contributed by atoms with Crippen molar-refractivity contribution >= 4 is 23.8 Å². The van der Waals surface area contributed by atoms with Gasteiger partial charge >= 0.3 is 0 Å². The molecule has 19 heavy (non-hydrogen) atoms. The molecule has 2 aromatic rings. The zero-order chi connectivity index (χ0) is 13.1. The van der Waals surface area contributed by atoms with Gasteiger partial charge in [0, 0.05) is 5.02 Å². The maximum absolute atomic E-state index is 6.07. The quantitative estimate of drug-likeness (QED) is 0.713. The van der Waals surface area contributed by atoms with Crippen molar-refractivity contribution in [3.63, 3.8) is 0 Å². The molecule has 0 aromatic heterocycles. The summed E-state index contributed by atoms with van der Waals surface area (Å²) < 4.78 is 5.76. The van der Waals surface area contributed by atoms with Gasteiger partial charge in [0.25, 0.3) is 0 Å². The highest BCUT2D eigenvalue weighted by molar-refractivity contribution is 6.70. The number of ether oxygens (including phenoxy) is 1. The first-order valence-corrected chi connectivity index (χ1v) is 6.48. The molecule has 0 fully saturated rings. The van der Waals surface area contributed by atoms with E-state index in [4.69, 9.17) is 16.3 Å². The Kier molecular flexibility index (Phi) is 5.50. The molecule has 0 N–H and O–H groups in total. The summed E-state index contributed by atoms with van der Waals surface area (Å²) in [7, 11) is 0. The van der Waals surface area contributed by atoms with Crippen molar-refractivity contribution in [2.24, 2.45) is 0 Å². The summed E-state index contributed by atoms with van der Waals surface area (Å²) in [5.41, 5.74) is 2.36. The van der Waals surface area contributed by atoms with Crippen molar-refractivity contribution < 1.29 is 4.74 Å². The molecule has 0 bridgehead atoms. The Labute approximate surface area is 121 Å². The number of benzene rings is 2. The van der Waals surface area contributed by atoms with E-state index < -0.39 is 0 Å². The molecule has 2 aromatic carbocycles. The number of hydrogen-bond acceptors (Lipinski definition) is 1. The number of hydrogen-bond donors (Lipinski definition) is 0. The average Bonchev–Trinajstić information content (AvgIpc) is 2.34. The van der Waals surface area contributed by atoms with Gasteiger partial charge in [0.05, 0.1) is 0 Å². The lowest BCUT2D eigenvalue weighted by molar-refractivity contribution is 0.483. The highest BCUT2D eigenvalue weighted by atomic mass is 35.5. The number of halogens is 1. The van der Waals surface area contributed by atoms with Crippen LogP contribution in [0.5, 0.6) is 11.5 Å². The fourth-order valence-corrected chi connectivity index (χ4v) is 1.86. The van der Waals surface area contributed by atoms with Gasteiger partial charge in [-0.25, -0.2) is 0 Å². The highest BCUT2D eigenvalue weighted by Gasteiger charge is 2.04. The second-order valence-corrected chi connectivity index (χ2v) is 5.14. The van der Waals surface area contributed by atoms with Crippen LogP contribution >= 0.6 is 11.6 Å². The van der Waals surface area contributed by atoms with Crippen molar-refractivity contribution in [3.05, 3.63) is 53.1 Å². The standard InChI is InChI=1S/C15H16BClO.CH4/c1-11-4-7-14(10-15(11)17)18-13-8-5-12(6-9-13)16(2)3;/h4-10H,1-3H3;1H4. The molecule has 0 radical (unpaired) electrons. The molecule has 0 saturated heterocycles. The summed E-state index contributed by atoms with van der Waals surface area (Å²) >= 11 is 6.07. The minimum absolute atomic E-state index is 0. The molecule has 0 aliphatic rings. The largest absolute Gasteiger partial charge is 0.457 e. The monoisotopic (exact) mass is 274 g/mol. The highest BCUT2D eigenvalue weighted by Crippen LogP contribution is 2.25. The zero-order valence-electron chi connectivity index (χ0n) is 10.9. The minimum atomic E-state index is 0. The minimum Gasteiger partial charge on any atom is -0.457 e. The van der Waals surface area contributed by atoms with Crippen LogP contribution in [-0.2, 0) is 0 Å². The van der Waals surface area contributed by atoms with E-state index in [1.807, 2.05) is 37.3 Å². The number of aryl methyl sites for hydroxylation is 1. The zero-order valence-corrected chi connectivity index (χ0v) is 11.7. The summed E-state index contributed by atoms with van der Waals surface area (Å²) in [6.45, 7) is 6.86. The molecular formula is C16H20BClO. The fourth-order valence-electron chi connectivity index (χ4n) is 1.69. The van der Waals surface area contributed by atoms with Crippen LogP contribution in [0.3, 0.4) is 0 Å². The second-order valence-electron chi connectivity index (χ2n) is 4.74. The van der Waals surface area contributed by atoms with E-state index in [1.54, 1.807) is 0 Å². The van der Waals surface area contributed by atoms with Crippen molar-refractivity contribution in [2.75, 3.05) is 0 Å². The SMILES string of the molecule is C.CB(C)c1ccc(Oc2ccc(C)c(Cl)c2)cc1. The van der Waals surface area contributed by atoms with Crippen molar-refractivity contribution in [3.8, 4) is 11.5 Å². The molecule has 0 heterocycles. The molecule has 3 heteroatoms. The van der Waals surface area contributed by atoms with Crippen molar-refractivity contribution in [1.82, 2.24) is 0 Å². The molecule has 0 amide bonds. The second kappa shape index (κ2) is 6.67. The average molecular weight is 275 g/mol. The van der Waals surface area contributed by atoms with Gasteiger partial charge in [0.15, 0.2) is 6.71 Å². The first-order valence-electron chi connectivity index (χ1n) is 6.10. The first kappa shape index (κ1) is 15.7. The van der Waals surface area contributed by atoms with Crippen LogP contribution in [0.25, 0.3) is 0 Å². The Morgan fingerprint density at radius 3 is 2.05 bits per heavy atom. The lowest BCUT2D eigenvalue weighted by Crippen LogP contribution is -2.21. The molecular weight excluding hydrogens is 254 g/mol. The topological polar surface area (TPSA) is 9.23 Å². The normalized spacial score (nSPS) is 9.68. The van der Waals surface area contributed by atoms with Gasteiger partial charge in [-0.15, -0.1) is 0 Å². The molecule has 0 spiro atoms. The van der Waals surface area contributed by atoms with E-state index in [0.717, 1.165) is 22.1 Å². The summed E-state index contributed by atoms with van der Waals surface area (Å²) in [5.74, 6) is 1.60. The summed E-state index contributed by atoms with van der Waals surface area (Å²) in [6.07, 6.45) is 0. The molecule has 2 rings (SSSR count). The van der Waals surface area contributed by atoms with E-state index in [0.29, 0.717) is 6.71 Å². The lowest BCUT2D eigenvalue weighted by atomic mass is 9.49. The van der Waals surface area contributed by atoms with Gasteiger partial charge in [0.2, 0.25) is 0 Å². The Morgan fingerprint density at radius 2 is 1.53 bits per heavy atom. The third-order valence-corrected chi connectivity index (χ3v) is 3.33. The third kappa shape index (κ3) is 4.04. The smallest absolute Gasteiger partial charge is 0.169 e. The fraction of sp³-hybridized carbons (Fsp3) is 0.250.